The first kappa shape index (κ1) is 68.6. The van der Waals surface area contributed by atoms with Crippen LogP contribution in [0.25, 0.3) is 0 Å². The number of amides is 3. The number of likely N-dealkylation sites (N-methyl/N-ethyl adjacent to an activating group) is 4. The van der Waals surface area contributed by atoms with E-state index in [-0.39, 0.29) is 50.2 Å². The van der Waals surface area contributed by atoms with Crippen molar-refractivity contribution in [3.05, 3.63) is 70.8 Å². The Morgan fingerprint density at radius 2 is 0.988 bits per heavy atom. The molecule has 458 valence electrons. The summed E-state index contributed by atoms with van der Waals surface area (Å²) in [4.78, 5) is 114. The maximum atomic E-state index is 15.7. The van der Waals surface area contributed by atoms with Gasteiger partial charge in [-0.2, -0.15) is 0 Å². The molecule has 20 heteroatoms. The number of alkyl halides is 2. The number of rotatable bonds is 36. The summed E-state index contributed by atoms with van der Waals surface area (Å²) in [7, 11) is 5.40. The Morgan fingerprint density at radius 1 is 0.598 bits per heavy atom. The van der Waals surface area contributed by atoms with E-state index in [1.54, 1.807) is 31.3 Å². The molecule has 0 heterocycles. The van der Waals surface area contributed by atoms with E-state index < -0.39 is 114 Å². The average Bonchev–Trinajstić information content (AvgIpc) is 4.47. The molecule has 2 aliphatic carbocycles. The van der Waals surface area contributed by atoms with Crippen LogP contribution in [0.5, 0.6) is 0 Å². The summed E-state index contributed by atoms with van der Waals surface area (Å²) >= 11 is 0. The topological polar surface area (TPSA) is 236 Å². The lowest BCUT2D eigenvalue weighted by Crippen LogP contribution is -2.54. The quantitative estimate of drug-likeness (QED) is 0.0352. The minimum Gasteiger partial charge on any atom is -0.453 e. The largest absolute Gasteiger partial charge is 0.453 e. The van der Waals surface area contributed by atoms with Gasteiger partial charge < -0.3 is 49.2 Å². The predicted molar refractivity (Wildman–Crippen MR) is 304 cm³/mol. The van der Waals surface area contributed by atoms with Crippen molar-refractivity contribution in [3.63, 3.8) is 0 Å². The van der Waals surface area contributed by atoms with Crippen LogP contribution < -0.4 is 5.32 Å². The zero-order valence-corrected chi connectivity index (χ0v) is 50.3. The third kappa shape index (κ3) is 21.4. The number of ether oxygens (including phenoxy) is 4. The molecule has 0 saturated heterocycles. The second kappa shape index (κ2) is 31.7. The van der Waals surface area contributed by atoms with Crippen LogP contribution in [0.1, 0.15) is 167 Å². The predicted octanol–water partition coefficient (Wildman–Crippen LogP) is 7.06. The summed E-state index contributed by atoms with van der Waals surface area (Å²) in [6.45, 7) is 11.4. The molecule has 2 aromatic rings. The van der Waals surface area contributed by atoms with E-state index in [1.165, 1.54) is 62.7 Å². The number of aliphatic hydroxyl groups excluding tert-OH is 2. The van der Waals surface area contributed by atoms with Crippen LogP contribution in [0.3, 0.4) is 0 Å². The summed E-state index contributed by atoms with van der Waals surface area (Å²) in [6.07, 6.45) is -0.298. The molecule has 0 aliphatic heterocycles. The van der Waals surface area contributed by atoms with Gasteiger partial charge in [0.15, 0.2) is 30.7 Å². The zero-order valence-electron chi connectivity index (χ0n) is 50.3. The fraction of sp³-hybridized carbons (Fsp3) is 0.677. The van der Waals surface area contributed by atoms with E-state index in [4.69, 9.17) is 18.9 Å². The molecule has 3 N–H and O–H groups in total. The van der Waals surface area contributed by atoms with E-state index in [0.29, 0.717) is 55.4 Å². The van der Waals surface area contributed by atoms with E-state index in [1.807, 2.05) is 38.1 Å². The molecule has 0 radical (unpaired) electrons. The number of esters is 4. The minimum absolute atomic E-state index is 0.0154. The molecule has 2 aliphatic rings. The van der Waals surface area contributed by atoms with Crippen LogP contribution in [-0.4, -0.2) is 174 Å². The second-order valence-corrected chi connectivity index (χ2v) is 23.8. The van der Waals surface area contributed by atoms with Crippen LogP contribution in [-0.2, 0) is 70.1 Å². The Hall–Kier alpha value is -5.86. The monoisotopic (exact) mass is 1150 g/mol. The van der Waals surface area contributed by atoms with Crippen molar-refractivity contribution in [2.75, 3.05) is 41.4 Å². The van der Waals surface area contributed by atoms with Crippen LogP contribution in [0.15, 0.2) is 48.5 Å². The molecule has 18 nitrogen and oxygen atoms in total. The fourth-order valence-electron chi connectivity index (χ4n) is 10.2. The molecule has 3 unspecified atom stereocenters. The maximum Gasteiger partial charge on any atom is 0.329 e. The number of carbonyl (C=O) groups excluding carboxylic acids is 8. The highest BCUT2D eigenvalue weighted by Gasteiger charge is 2.44. The van der Waals surface area contributed by atoms with Gasteiger partial charge in [0.2, 0.25) is 0 Å². The Balaban J connectivity index is 1.60. The van der Waals surface area contributed by atoms with E-state index in [0.717, 1.165) is 51.5 Å². The van der Waals surface area contributed by atoms with Gasteiger partial charge >= 0.3 is 23.9 Å². The third-order valence-electron chi connectivity index (χ3n) is 15.7. The maximum absolute atomic E-state index is 15.7. The van der Waals surface area contributed by atoms with Crippen LogP contribution in [0.2, 0.25) is 0 Å². The third-order valence-corrected chi connectivity index (χ3v) is 15.7. The molecule has 3 amide bonds. The first-order valence-electron chi connectivity index (χ1n) is 29.1. The Morgan fingerprint density at radius 3 is 1.38 bits per heavy atom. The molecule has 10 atom stereocenters. The lowest BCUT2D eigenvalue weighted by Gasteiger charge is -2.34. The summed E-state index contributed by atoms with van der Waals surface area (Å²) < 4.78 is 54.1. The average molecular weight is 1160 g/mol. The standard InChI is InChI=1S/C62H92F2N4O14/c1-13-44(27-29-69)46-23-19-40(20-24-46)31-48(37-71)81-59(77)51(35-61(5,6)63)67(11)55(73)39(4)80-58(76)50(33-42-17-18-42)66(10)56(74)53(34-43-21-25-47(26-22-43)45(14-2)28-30-70)82-60(78)52(36-62(7,8)64)68(12)54(72)38(3)79-57(75)49(65-9)32-41-15-16-41/h19-26,37-39,41-42,44-45,48-53,65,69-70H,13-18,27-36H2,1-12H3/t38-,39-,44?,45?,48?,49+,50+,51+,52+,53-/m1/s1. The summed E-state index contributed by atoms with van der Waals surface area (Å²) in [5, 5.41) is 22.1. The van der Waals surface area contributed by atoms with Gasteiger partial charge in [-0.05, 0) is 133 Å². The van der Waals surface area contributed by atoms with Crippen LogP contribution >= 0.6 is 0 Å². The van der Waals surface area contributed by atoms with Gasteiger partial charge in [-0.15, -0.1) is 0 Å². The molecular weight excluding hydrogens is 1060 g/mol. The molecular formula is C62H92F2N4O14. The highest BCUT2D eigenvalue weighted by atomic mass is 19.1. The molecule has 0 spiro atoms. The number of aliphatic hydroxyl groups is 2. The van der Waals surface area contributed by atoms with Crippen LogP contribution in [0, 0.1) is 11.8 Å². The van der Waals surface area contributed by atoms with E-state index in [2.05, 4.69) is 5.32 Å². The van der Waals surface area contributed by atoms with Crippen molar-refractivity contribution in [2.45, 2.75) is 217 Å². The highest BCUT2D eigenvalue weighted by molar-refractivity contribution is 5.93. The number of benzene rings is 2. The van der Waals surface area contributed by atoms with Crippen molar-refractivity contribution in [3.8, 4) is 0 Å². The molecule has 0 aromatic heterocycles. The summed E-state index contributed by atoms with van der Waals surface area (Å²) in [6, 6.07) is 9.26. The van der Waals surface area contributed by atoms with Gasteiger partial charge in [-0.3, -0.25) is 24.0 Å². The van der Waals surface area contributed by atoms with Gasteiger partial charge in [0.25, 0.3) is 17.7 Å². The van der Waals surface area contributed by atoms with Gasteiger partial charge in [0.05, 0.1) is 0 Å². The Bertz CT molecular complexity index is 2420. The minimum atomic E-state index is -2.06. The number of carbonyl (C=O) groups is 8. The summed E-state index contributed by atoms with van der Waals surface area (Å²) in [5.74, 6) is -6.02. The SMILES string of the molecule is CCC(CCO)c1ccc(CC(C=O)OC(=O)[C@H](CC(C)(C)F)N(C)C(=O)[C@@H](C)OC(=O)[C@H](CC2CC2)N(C)C(=O)[C@@H](Cc2ccc(C(CC)CCO)cc2)OC(=O)[C@H](CC(C)(C)F)N(C)C(=O)[C@@H](C)OC(=O)[C@H](CC2CC2)NC)cc1. The second-order valence-electron chi connectivity index (χ2n) is 23.8. The summed E-state index contributed by atoms with van der Waals surface area (Å²) in [5.41, 5.74) is -0.974. The first-order valence-corrected chi connectivity index (χ1v) is 29.1. The van der Waals surface area contributed by atoms with Gasteiger partial charge in [0, 0.05) is 60.0 Å². The van der Waals surface area contributed by atoms with Crippen molar-refractivity contribution in [1.29, 1.82) is 0 Å². The molecule has 2 aromatic carbocycles. The lowest BCUT2D eigenvalue weighted by molar-refractivity contribution is -0.174. The molecule has 2 fully saturated rings. The molecule has 82 heavy (non-hydrogen) atoms. The molecule has 0 bridgehead atoms. The highest BCUT2D eigenvalue weighted by Crippen LogP contribution is 2.36. The zero-order chi connectivity index (χ0) is 61.2. The Kier molecular flexibility index (Phi) is 26.5. The van der Waals surface area contributed by atoms with Crippen molar-refractivity contribution < 1.29 is 76.3 Å². The number of hydrogen-bond acceptors (Lipinski definition) is 15. The number of nitrogens with zero attached hydrogens (tertiary/aromatic N) is 3. The van der Waals surface area contributed by atoms with Gasteiger partial charge in [-0.25, -0.2) is 23.2 Å². The normalized spacial score (nSPS) is 17.3. The van der Waals surface area contributed by atoms with E-state index in [9.17, 15) is 48.6 Å². The number of aldehydes is 1. The first-order chi connectivity index (χ1) is 38.6. The van der Waals surface area contributed by atoms with Gasteiger partial charge in [0.1, 0.15) is 35.5 Å². The molecule has 2 saturated carbocycles. The van der Waals surface area contributed by atoms with Crippen LogP contribution in [0.4, 0.5) is 8.78 Å². The lowest BCUT2D eigenvalue weighted by atomic mass is 9.92. The number of nitrogens with one attached hydrogen (secondary N) is 1. The smallest absolute Gasteiger partial charge is 0.329 e. The van der Waals surface area contributed by atoms with Crippen molar-refractivity contribution >= 4 is 47.9 Å². The van der Waals surface area contributed by atoms with Crippen molar-refractivity contribution in [2.24, 2.45) is 11.8 Å². The van der Waals surface area contributed by atoms with E-state index >= 15 is 8.78 Å². The van der Waals surface area contributed by atoms with Crippen molar-refractivity contribution in [1.82, 2.24) is 20.0 Å². The fourth-order valence-corrected chi connectivity index (χ4v) is 10.2. The molecule has 4 rings (SSSR count). The number of hydrogen-bond donors (Lipinski definition) is 3. The number of halogens is 2. The van der Waals surface area contributed by atoms with Gasteiger partial charge in [-0.1, -0.05) is 88.1 Å². The Labute approximate surface area is 483 Å².